The van der Waals surface area contributed by atoms with Crippen molar-refractivity contribution in [1.82, 2.24) is 5.32 Å². The first-order valence-electron chi connectivity index (χ1n) is 11.9. The highest BCUT2D eigenvalue weighted by molar-refractivity contribution is 5.65. The quantitative estimate of drug-likeness (QED) is 0.323. The Bertz CT molecular complexity index is 1120. The molecule has 0 aliphatic heterocycles. The number of benzene rings is 4. The minimum Gasteiger partial charge on any atom is -0.316 e. The first kappa shape index (κ1) is 20.7. The van der Waals surface area contributed by atoms with Crippen LogP contribution in [0.5, 0.6) is 0 Å². The minimum absolute atomic E-state index is 0.453. The third-order valence-corrected chi connectivity index (χ3v) is 6.84. The van der Waals surface area contributed by atoms with Gasteiger partial charge < -0.3 is 5.32 Å². The third kappa shape index (κ3) is 4.69. The van der Waals surface area contributed by atoms with Gasteiger partial charge in [-0.1, -0.05) is 109 Å². The molecule has 0 saturated carbocycles. The summed E-state index contributed by atoms with van der Waals surface area (Å²) in [5, 5.41) is 3.77. The zero-order chi connectivity index (χ0) is 21.6. The molecule has 0 radical (unpaired) electrons. The molecule has 1 N–H and O–H groups in total. The van der Waals surface area contributed by atoms with Crippen molar-refractivity contribution in [3.63, 3.8) is 0 Å². The van der Waals surface area contributed by atoms with Crippen LogP contribution in [0.4, 0.5) is 0 Å². The molecule has 0 saturated heterocycles. The average Bonchev–Trinajstić information content (AvgIpc) is 2.87. The van der Waals surface area contributed by atoms with Crippen molar-refractivity contribution in [1.29, 1.82) is 0 Å². The summed E-state index contributed by atoms with van der Waals surface area (Å²) in [4.78, 5) is 0. The normalized spacial score (nSPS) is 17.6. The molecule has 0 aromatic heterocycles. The van der Waals surface area contributed by atoms with Gasteiger partial charge in [0.05, 0.1) is 0 Å². The van der Waals surface area contributed by atoms with E-state index in [0.717, 1.165) is 25.9 Å². The Morgan fingerprint density at radius 2 is 1.38 bits per heavy atom. The fourth-order valence-electron chi connectivity index (χ4n) is 5.19. The Hall–Kier alpha value is -3.16. The van der Waals surface area contributed by atoms with E-state index in [0.29, 0.717) is 11.8 Å². The molecule has 0 heterocycles. The van der Waals surface area contributed by atoms with Gasteiger partial charge in [-0.05, 0) is 71.7 Å². The van der Waals surface area contributed by atoms with Crippen molar-refractivity contribution < 1.29 is 0 Å². The summed E-state index contributed by atoms with van der Waals surface area (Å²) >= 11 is 0. The summed E-state index contributed by atoms with van der Waals surface area (Å²) in [7, 11) is 0. The molecule has 0 fully saturated rings. The van der Waals surface area contributed by atoms with E-state index in [1.54, 1.807) is 0 Å². The maximum Gasteiger partial charge on any atom is 0.0132 e. The Morgan fingerprint density at radius 3 is 2.12 bits per heavy atom. The van der Waals surface area contributed by atoms with Crippen LogP contribution in [0.2, 0.25) is 0 Å². The first-order chi connectivity index (χ1) is 15.9. The molecule has 0 unspecified atom stereocenters. The second-order valence-electron chi connectivity index (χ2n) is 8.91. The van der Waals surface area contributed by atoms with Crippen LogP contribution in [-0.4, -0.2) is 13.1 Å². The van der Waals surface area contributed by atoms with Gasteiger partial charge in [-0.2, -0.15) is 0 Å². The maximum atomic E-state index is 3.77. The fourth-order valence-corrected chi connectivity index (χ4v) is 5.19. The molecular formula is C31H31N. The third-order valence-electron chi connectivity index (χ3n) is 6.84. The number of aryl methyl sites for hydroxylation is 1. The Kier molecular flexibility index (Phi) is 6.46. The molecule has 5 rings (SSSR count). The lowest BCUT2D eigenvalue weighted by Gasteiger charge is -2.35. The average molecular weight is 418 g/mol. The van der Waals surface area contributed by atoms with Crippen LogP contribution in [0.1, 0.15) is 34.6 Å². The molecule has 32 heavy (non-hydrogen) atoms. The lowest BCUT2D eigenvalue weighted by molar-refractivity contribution is 0.385. The zero-order valence-corrected chi connectivity index (χ0v) is 18.6. The predicted octanol–water partition coefficient (Wildman–Crippen LogP) is 6.88. The number of hydrogen-bond acceptors (Lipinski definition) is 1. The fraction of sp³-hybridized carbons (Fsp3) is 0.226. The molecule has 160 valence electrons. The van der Waals surface area contributed by atoms with E-state index in [2.05, 4.69) is 115 Å². The van der Waals surface area contributed by atoms with E-state index in [1.807, 2.05) is 0 Å². The van der Waals surface area contributed by atoms with Gasteiger partial charge in [-0.25, -0.2) is 0 Å². The second kappa shape index (κ2) is 9.97. The predicted molar refractivity (Wildman–Crippen MR) is 135 cm³/mol. The van der Waals surface area contributed by atoms with Crippen LogP contribution in [0, 0.1) is 5.92 Å². The van der Waals surface area contributed by atoms with Gasteiger partial charge in [-0.15, -0.1) is 0 Å². The van der Waals surface area contributed by atoms with Crippen LogP contribution in [0.25, 0.3) is 11.1 Å². The van der Waals surface area contributed by atoms with Crippen LogP contribution in [0.15, 0.2) is 109 Å². The summed E-state index contributed by atoms with van der Waals surface area (Å²) < 4.78 is 0. The Labute approximate surface area is 192 Å². The smallest absolute Gasteiger partial charge is 0.0132 e. The van der Waals surface area contributed by atoms with Crippen molar-refractivity contribution >= 4 is 0 Å². The largest absolute Gasteiger partial charge is 0.316 e. The van der Waals surface area contributed by atoms with Gasteiger partial charge >= 0.3 is 0 Å². The number of nitrogens with one attached hydrogen (secondary N) is 1. The second-order valence-corrected chi connectivity index (χ2v) is 8.91. The lowest BCUT2D eigenvalue weighted by Crippen LogP contribution is -2.32. The molecule has 1 heteroatoms. The summed E-state index contributed by atoms with van der Waals surface area (Å²) in [6, 6.07) is 39.8. The molecule has 0 amide bonds. The molecule has 1 aliphatic rings. The van der Waals surface area contributed by atoms with E-state index >= 15 is 0 Å². The van der Waals surface area contributed by atoms with Gasteiger partial charge in [0.15, 0.2) is 0 Å². The monoisotopic (exact) mass is 417 g/mol. The van der Waals surface area contributed by atoms with E-state index in [4.69, 9.17) is 0 Å². The topological polar surface area (TPSA) is 12.0 Å². The molecule has 0 spiro atoms. The molecule has 0 bridgehead atoms. The van der Waals surface area contributed by atoms with Crippen LogP contribution in [-0.2, 0) is 12.8 Å². The van der Waals surface area contributed by atoms with E-state index in [1.165, 1.54) is 39.8 Å². The van der Waals surface area contributed by atoms with Crippen molar-refractivity contribution in [3.05, 3.63) is 131 Å². The highest BCUT2D eigenvalue weighted by atomic mass is 14.9. The van der Waals surface area contributed by atoms with Crippen molar-refractivity contribution in [2.45, 2.75) is 25.2 Å². The highest BCUT2D eigenvalue weighted by Gasteiger charge is 2.30. The SMILES string of the molecule is c1ccc(CCNC[C@H]2CCc3cc(-c4ccccc4)ccc3[C@H]2c2ccccc2)cc1. The Balaban J connectivity index is 1.36. The Morgan fingerprint density at radius 1 is 0.688 bits per heavy atom. The van der Waals surface area contributed by atoms with Crippen molar-refractivity contribution in [2.24, 2.45) is 5.92 Å². The van der Waals surface area contributed by atoms with Crippen LogP contribution >= 0.6 is 0 Å². The molecule has 1 aliphatic carbocycles. The van der Waals surface area contributed by atoms with Gasteiger partial charge in [0, 0.05) is 5.92 Å². The van der Waals surface area contributed by atoms with Crippen LogP contribution < -0.4 is 5.32 Å². The molecule has 4 aromatic carbocycles. The summed E-state index contributed by atoms with van der Waals surface area (Å²) in [5.41, 5.74) is 8.50. The van der Waals surface area contributed by atoms with Crippen molar-refractivity contribution in [2.75, 3.05) is 13.1 Å². The minimum atomic E-state index is 0.453. The van der Waals surface area contributed by atoms with Crippen LogP contribution in [0.3, 0.4) is 0 Å². The molecular weight excluding hydrogens is 386 g/mol. The number of rotatable bonds is 7. The lowest BCUT2D eigenvalue weighted by atomic mass is 9.71. The van der Waals surface area contributed by atoms with E-state index < -0.39 is 0 Å². The van der Waals surface area contributed by atoms with Gasteiger partial charge in [0.1, 0.15) is 0 Å². The summed E-state index contributed by atoms with van der Waals surface area (Å²) in [5.74, 6) is 1.07. The van der Waals surface area contributed by atoms with Gasteiger partial charge in [0.2, 0.25) is 0 Å². The standard InChI is InChI=1S/C31H31N/c1-4-10-24(11-5-1)20-21-32-23-29-17-16-28-22-27(25-12-6-2-7-13-25)18-19-30(28)31(29)26-14-8-3-9-15-26/h1-15,18-19,22,29,31-32H,16-17,20-21,23H2/t29-,31+/m1/s1. The summed E-state index contributed by atoms with van der Waals surface area (Å²) in [6.07, 6.45) is 3.47. The zero-order valence-electron chi connectivity index (χ0n) is 18.6. The van der Waals surface area contributed by atoms with Crippen molar-refractivity contribution in [3.8, 4) is 11.1 Å². The summed E-state index contributed by atoms with van der Waals surface area (Å²) in [6.45, 7) is 2.09. The molecule has 4 aromatic rings. The molecule has 1 nitrogen and oxygen atoms in total. The number of hydrogen-bond donors (Lipinski definition) is 1. The molecule has 2 atom stereocenters. The van der Waals surface area contributed by atoms with E-state index in [-0.39, 0.29) is 0 Å². The highest BCUT2D eigenvalue weighted by Crippen LogP contribution is 2.41. The maximum absolute atomic E-state index is 3.77. The van der Waals surface area contributed by atoms with Gasteiger partial charge in [-0.3, -0.25) is 0 Å². The number of fused-ring (bicyclic) bond motifs is 1. The first-order valence-corrected chi connectivity index (χ1v) is 11.9. The van der Waals surface area contributed by atoms with E-state index in [9.17, 15) is 0 Å². The van der Waals surface area contributed by atoms with Gasteiger partial charge in [0.25, 0.3) is 0 Å².